The van der Waals surface area contributed by atoms with Crippen molar-refractivity contribution in [2.24, 2.45) is 0 Å². The molecule has 110 valence electrons. The molecule has 1 aliphatic rings. The molecule has 1 fully saturated rings. The number of aromatic nitrogens is 1. The van der Waals surface area contributed by atoms with Crippen LogP contribution in [0.2, 0.25) is 0 Å². The van der Waals surface area contributed by atoms with Crippen molar-refractivity contribution in [1.82, 2.24) is 15.2 Å². The average molecular weight is 326 g/mol. The number of amides is 1. The molecule has 0 atom stereocenters. The summed E-state index contributed by atoms with van der Waals surface area (Å²) < 4.78 is 0. The van der Waals surface area contributed by atoms with Crippen molar-refractivity contribution in [2.75, 3.05) is 19.6 Å². The molecular formula is C12H21Cl2N3OS. The lowest BCUT2D eigenvalue weighted by atomic mass is 10.0. The second-order valence-electron chi connectivity index (χ2n) is 4.35. The van der Waals surface area contributed by atoms with Crippen molar-refractivity contribution in [3.63, 3.8) is 0 Å². The molecule has 0 bridgehead atoms. The highest BCUT2D eigenvalue weighted by Crippen LogP contribution is 2.16. The Hall–Kier alpha value is -0.360. The molecule has 4 nitrogen and oxygen atoms in total. The fourth-order valence-electron chi connectivity index (χ4n) is 2.27. The van der Waals surface area contributed by atoms with Crippen LogP contribution >= 0.6 is 36.2 Å². The van der Waals surface area contributed by atoms with Gasteiger partial charge in [-0.2, -0.15) is 0 Å². The van der Waals surface area contributed by atoms with Crippen LogP contribution in [0.3, 0.4) is 0 Å². The highest BCUT2D eigenvalue weighted by molar-refractivity contribution is 7.07. The van der Waals surface area contributed by atoms with Gasteiger partial charge in [0, 0.05) is 18.0 Å². The Morgan fingerprint density at radius 1 is 1.47 bits per heavy atom. The summed E-state index contributed by atoms with van der Waals surface area (Å²) in [6.45, 7) is 4.97. The van der Waals surface area contributed by atoms with E-state index in [-0.39, 0.29) is 30.7 Å². The van der Waals surface area contributed by atoms with Crippen LogP contribution in [0.15, 0.2) is 10.9 Å². The molecule has 2 heterocycles. The first-order valence-electron chi connectivity index (χ1n) is 6.22. The van der Waals surface area contributed by atoms with E-state index in [1.54, 1.807) is 5.51 Å². The molecule has 0 radical (unpaired) electrons. The molecule has 0 aliphatic carbocycles. The zero-order chi connectivity index (χ0) is 12.1. The molecule has 1 aromatic heterocycles. The summed E-state index contributed by atoms with van der Waals surface area (Å²) in [5, 5.41) is 5.17. The average Bonchev–Trinajstić information content (AvgIpc) is 2.90. The molecule has 0 aromatic carbocycles. The van der Waals surface area contributed by atoms with Gasteiger partial charge in [0.2, 0.25) is 0 Å². The van der Waals surface area contributed by atoms with Crippen LogP contribution in [-0.2, 0) is 0 Å². The van der Waals surface area contributed by atoms with Crippen LogP contribution in [0.25, 0.3) is 0 Å². The number of halogens is 2. The quantitative estimate of drug-likeness (QED) is 0.925. The first-order chi connectivity index (χ1) is 8.33. The summed E-state index contributed by atoms with van der Waals surface area (Å²) in [5.41, 5.74) is 2.32. The van der Waals surface area contributed by atoms with Gasteiger partial charge in [-0.25, -0.2) is 4.98 Å². The van der Waals surface area contributed by atoms with Crippen molar-refractivity contribution >= 4 is 42.1 Å². The topological polar surface area (TPSA) is 45.2 Å². The van der Waals surface area contributed by atoms with Gasteiger partial charge in [-0.3, -0.25) is 4.79 Å². The van der Waals surface area contributed by atoms with Crippen molar-refractivity contribution in [1.29, 1.82) is 0 Å². The van der Waals surface area contributed by atoms with Gasteiger partial charge in [-0.1, -0.05) is 6.92 Å². The monoisotopic (exact) mass is 325 g/mol. The maximum atomic E-state index is 12.3. The summed E-state index contributed by atoms with van der Waals surface area (Å²) >= 11 is 1.48. The van der Waals surface area contributed by atoms with E-state index in [9.17, 15) is 4.79 Å². The van der Waals surface area contributed by atoms with Gasteiger partial charge in [0.1, 0.15) is 5.69 Å². The number of hydrogen-bond acceptors (Lipinski definition) is 4. The minimum atomic E-state index is 0. The number of thiazole rings is 1. The van der Waals surface area contributed by atoms with Crippen LogP contribution in [0, 0.1) is 0 Å². The van der Waals surface area contributed by atoms with E-state index in [1.165, 1.54) is 11.3 Å². The largest absolute Gasteiger partial charge is 0.334 e. The molecule has 19 heavy (non-hydrogen) atoms. The van der Waals surface area contributed by atoms with E-state index in [0.29, 0.717) is 11.7 Å². The minimum Gasteiger partial charge on any atom is -0.334 e. The van der Waals surface area contributed by atoms with Crippen LogP contribution in [-0.4, -0.2) is 41.5 Å². The van der Waals surface area contributed by atoms with Gasteiger partial charge in [0.05, 0.1) is 5.51 Å². The first-order valence-corrected chi connectivity index (χ1v) is 7.17. The SMILES string of the molecule is CCCN(C(=O)c1cscn1)C1CCNCC1.Cl.Cl. The van der Waals surface area contributed by atoms with Gasteiger partial charge in [0.25, 0.3) is 5.91 Å². The molecule has 1 N–H and O–H groups in total. The molecule has 1 amide bonds. The zero-order valence-electron chi connectivity index (χ0n) is 11.0. The number of hydrogen-bond donors (Lipinski definition) is 1. The highest BCUT2D eigenvalue weighted by Gasteiger charge is 2.26. The number of carbonyl (C=O) groups is 1. The van der Waals surface area contributed by atoms with E-state index in [0.717, 1.165) is 38.9 Å². The summed E-state index contributed by atoms with van der Waals surface area (Å²) in [6, 6.07) is 0.380. The molecule has 0 saturated carbocycles. The lowest BCUT2D eigenvalue weighted by molar-refractivity contribution is 0.0637. The Morgan fingerprint density at radius 3 is 2.68 bits per heavy atom. The third-order valence-electron chi connectivity index (χ3n) is 3.13. The first kappa shape index (κ1) is 18.6. The number of nitrogens with one attached hydrogen (secondary N) is 1. The van der Waals surface area contributed by atoms with Gasteiger partial charge in [-0.05, 0) is 32.4 Å². The predicted octanol–water partition coefficient (Wildman–Crippen LogP) is 2.59. The maximum Gasteiger partial charge on any atom is 0.273 e. The van der Waals surface area contributed by atoms with Crippen molar-refractivity contribution in [2.45, 2.75) is 32.2 Å². The lowest BCUT2D eigenvalue weighted by Gasteiger charge is -2.34. The molecule has 0 unspecified atom stereocenters. The third-order valence-corrected chi connectivity index (χ3v) is 3.71. The number of piperidine rings is 1. The molecule has 7 heteroatoms. The fraction of sp³-hybridized carbons (Fsp3) is 0.667. The molecular weight excluding hydrogens is 305 g/mol. The Labute approximate surface area is 130 Å². The highest BCUT2D eigenvalue weighted by atomic mass is 35.5. The van der Waals surface area contributed by atoms with E-state index in [2.05, 4.69) is 17.2 Å². The van der Waals surface area contributed by atoms with Crippen LogP contribution in [0.5, 0.6) is 0 Å². The Morgan fingerprint density at radius 2 is 2.16 bits per heavy atom. The van der Waals surface area contributed by atoms with Gasteiger partial charge in [0.15, 0.2) is 0 Å². The van der Waals surface area contributed by atoms with Crippen LogP contribution in [0.4, 0.5) is 0 Å². The minimum absolute atomic E-state index is 0. The number of carbonyl (C=O) groups excluding carboxylic acids is 1. The standard InChI is InChI=1S/C12H19N3OS.2ClH/c1-2-7-15(10-3-5-13-6-4-10)12(16)11-8-17-9-14-11;;/h8-10,13H,2-7H2,1H3;2*1H. The van der Waals surface area contributed by atoms with E-state index in [4.69, 9.17) is 0 Å². The van der Waals surface area contributed by atoms with Crippen molar-refractivity contribution in [3.05, 3.63) is 16.6 Å². The van der Waals surface area contributed by atoms with Crippen LogP contribution in [0.1, 0.15) is 36.7 Å². The lowest BCUT2D eigenvalue weighted by Crippen LogP contribution is -2.46. The van der Waals surface area contributed by atoms with Gasteiger partial charge >= 0.3 is 0 Å². The fourth-order valence-corrected chi connectivity index (χ4v) is 2.80. The van der Waals surface area contributed by atoms with Crippen LogP contribution < -0.4 is 5.32 Å². The second kappa shape index (κ2) is 9.53. The van der Waals surface area contributed by atoms with E-state index in [1.807, 2.05) is 10.3 Å². The smallest absolute Gasteiger partial charge is 0.273 e. The zero-order valence-corrected chi connectivity index (χ0v) is 13.5. The summed E-state index contributed by atoms with van der Waals surface area (Å²) in [7, 11) is 0. The molecule has 0 spiro atoms. The molecule has 1 aliphatic heterocycles. The summed E-state index contributed by atoms with van der Waals surface area (Å²) in [4.78, 5) is 18.5. The normalized spacial score (nSPS) is 15.2. The predicted molar refractivity (Wildman–Crippen MR) is 83.8 cm³/mol. The Balaban J connectivity index is 0.00000162. The van der Waals surface area contributed by atoms with Crippen molar-refractivity contribution < 1.29 is 4.79 Å². The molecule has 2 rings (SSSR count). The second-order valence-corrected chi connectivity index (χ2v) is 5.07. The van der Waals surface area contributed by atoms with Crippen molar-refractivity contribution in [3.8, 4) is 0 Å². The summed E-state index contributed by atoms with van der Waals surface area (Å²) in [6.07, 6.45) is 3.10. The van der Waals surface area contributed by atoms with E-state index >= 15 is 0 Å². The molecule has 1 saturated heterocycles. The Kier molecular flexibility index (Phi) is 9.35. The summed E-state index contributed by atoms with van der Waals surface area (Å²) in [5.74, 6) is 0.0972. The van der Waals surface area contributed by atoms with E-state index < -0.39 is 0 Å². The number of rotatable bonds is 4. The number of nitrogens with zero attached hydrogens (tertiary/aromatic N) is 2. The Bertz CT molecular complexity index is 356. The van der Waals surface area contributed by atoms with Gasteiger partial charge in [-0.15, -0.1) is 36.2 Å². The maximum absolute atomic E-state index is 12.3. The van der Waals surface area contributed by atoms with Gasteiger partial charge < -0.3 is 10.2 Å². The molecule has 1 aromatic rings. The third kappa shape index (κ3) is 4.91.